The molecule has 0 spiro atoms. The highest BCUT2D eigenvalue weighted by Gasteiger charge is 2.25. The second-order valence-corrected chi connectivity index (χ2v) is 10.7. The fraction of sp³-hybridized carbons (Fsp3) is 0.559. The second-order valence-electron chi connectivity index (χ2n) is 10.7. The first-order valence-electron chi connectivity index (χ1n) is 14.9. The lowest BCUT2D eigenvalue weighted by Crippen LogP contribution is -2.37. The molecule has 3 rings (SSSR count). The van der Waals surface area contributed by atoms with Gasteiger partial charge in [-0.15, -0.1) is 0 Å². The third-order valence-corrected chi connectivity index (χ3v) is 7.62. The van der Waals surface area contributed by atoms with Crippen molar-refractivity contribution in [3.63, 3.8) is 0 Å². The van der Waals surface area contributed by atoms with E-state index in [4.69, 9.17) is 0 Å². The highest BCUT2D eigenvalue weighted by Crippen LogP contribution is 2.22. The maximum absolute atomic E-state index is 2.70. The molecule has 0 fully saturated rings. The number of nitrogens with zero attached hydrogens (tertiary/aromatic N) is 2. The van der Waals surface area contributed by atoms with Crippen molar-refractivity contribution in [2.45, 2.75) is 123 Å². The van der Waals surface area contributed by atoms with Crippen molar-refractivity contribution in [3.05, 3.63) is 89.5 Å². The Balaban J connectivity index is 1.83. The van der Waals surface area contributed by atoms with Crippen molar-refractivity contribution < 1.29 is 4.57 Å². The summed E-state index contributed by atoms with van der Waals surface area (Å²) in [4.78, 5) is 0. The topological polar surface area (TPSA) is 8.81 Å². The largest absolute Gasteiger partial charge is 0.261 e. The maximum Gasteiger partial charge on any atom is 0.261 e. The standard InChI is InChI=1S/C34H51N2/c1-4-6-8-10-12-19-25-35-29-33(27-30(3)32-23-17-14-18-24-32)36(26-20-11-9-7-5-2)34(35)28-31-21-15-13-16-22-31/h13-18,21-24,29-30H,4-12,19-20,25-28H2,1-3H3/q+1. The van der Waals surface area contributed by atoms with Crippen LogP contribution in [-0.2, 0) is 25.9 Å². The zero-order chi connectivity index (χ0) is 25.4. The zero-order valence-corrected chi connectivity index (χ0v) is 23.4. The number of aryl methyl sites for hydroxylation is 1. The molecule has 0 bridgehead atoms. The summed E-state index contributed by atoms with van der Waals surface area (Å²) >= 11 is 0. The first kappa shape index (κ1) is 28.2. The summed E-state index contributed by atoms with van der Waals surface area (Å²) in [5, 5.41) is 0. The van der Waals surface area contributed by atoms with Crippen LogP contribution in [0, 0.1) is 0 Å². The molecule has 0 N–H and O–H groups in total. The number of aromatic nitrogens is 2. The van der Waals surface area contributed by atoms with E-state index in [0.717, 1.165) is 25.9 Å². The molecule has 2 nitrogen and oxygen atoms in total. The van der Waals surface area contributed by atoms with E-state index in [2.05, 4.69) is 96.8 Å². The van der Waals surface area contributed by atoms with E-state index in [1.165, 1.54) is 93.3 Å². The predicted molar refractivity (Wildman–Crippen MR) is 155 cm³/mol. The Kier molecular flexibility index (Phi) is 12.9. The third kappa shape index (κ3) is 9.26. The summed E-state index contributed by atoms with van der Waals surface area (Å²) < 4.78 is 5.32. The Hall–Kier alpha value is -2.35. The summed E-state index contributed by atoms with van der Waals surface area (Å²) in [6.07, 6.45) is 19.4. The van der Waals surface area contributed by atoms with Crippen molar-refractivity contribution in [1.29, 1.82) is 0 Å². The first-order chi connectivity index (χ1) is 17.7. The van der Waals surface area contributed by atoms with Gasteiger partial charge < -0.3 is 0 Å². The lowest BCUT2D eigenvalue weighted by molar-refractivity contribution is -0.704. The van der Waals surface area contributed by atoms with Crippen LogP contribution in [0.3, 0.4) is 0 Å². The molecule has 36 heavy (non-hydrogen) atoms. The Morgan fingerprint density at radius 1 is 0.694 bits per heavy atom. The van der Waals surface area contributed by atoms with Gasteiger partial charge in [-0.3, -0.25) is 0 Å². The maximum atomic E-state index is 2.70. The van der Waals surface area contributed by atoms with Gasteiger partial charge in [0, 0.05) is 6.42 Å². The van der Waals surface area contributed by atoms with Crippen molar-refractivity contribution in [2.24, 2.45) is 0 Å². The van der Waals surface area contributed by atoms with Gasteiger partial charge >= 0.3 is 0 Å². The van der Waals surface area contributed by atoms with Crippen LogP contribution < -0.4 is 4.57 Å². The summed E-state index contributed by atoms with van der Waals surface area (Å²) in [5.41, 5.74) is 4.38. The van der Waals surface area contributed by atoms with E-state index in [1.54, 1.807) is 0 Å². The first-order valence-corrected chi connectivity index (χ1v) is 14.9. The molecule has 3 aromatic rings. The second kappa shape index (κ2) is 16.4. The molecule has 1 aromatic heterocycles. The SMILES string of the molecule is CCCCCCCC[n+]1cc(CC(C)c2ccccc2)n(CCCCCCC)c1Cc1ccccc1. The fourth-order valence-electron chi connectivity index (χ4n) is 5.40. The van der Waals surface area contributed by atoms with E-state index >= 15 is 0 Å². The van der Waals surface area contributed by atoms with Gasteiger partial charge in [0.15, 0.2) is 0 Å². The molecule has 2 aromatic carbocycles. The van der Waals surface area contributed by atoms with Crippen LogP contribution in [0.15, 0.2) is 66.9 Å². The van der Waals surface area contributed by atoms with Crippen molar-refractivity contribution in [3.8, 4) is 0 Å². The molecule has 0 amide bonds. The van der Waals surface area contributed by atoms with Gasteiger partial charge in [0.25, 0.3) is 5.82 Å². The summed E-state index contributed by atoms with van der Waals surface area (Å²) in [5.74, 6) is 2.02. The van der Waals surface area contributed by atoms with Crippen LogP contribution >= 0.6 is 0 Å². The Labute approximate surface area is 221 Å². The van der Waals surface area contributed by atoms with Crippen molar-refractivity contribution in [1.82, 2.24) is 4.57 Å². The molecule has 1 atom stereocenters. The molecule has 1 unspecified atom stereocenters. The fourth-order valence-corrected chi connectivity index (χ4v) is 5.40. The summed E-state index contributed by atoms with van der Waals surface area (Å²) in [7, 11) is 0. The highest BCUT2D eigenvalue weighted by molar-refractivity contribution is 5.22. The average molecular weight is 488 g/mol. The minimum atomic E-state index is 0.520. The van der Waals surface area contributed by atoms with E-state index in [1.807, 2.05) is 0 Å². The number of imidazole rings is 1. The van der Waals surface area contributed by atoms with Gasteiger partial charge in [-0.05, 0) is 42.7 Å². The van der Waals surface area contributed by atoms with E-state index < -0.39 is 0 Å². The van der Waals surface area contributed by atoms with Gasteiger partial charge in [0.05, 0.1) is 19.5 Å². The van der Waals surface area contributed by atoms with Gasteiger partial charge in [-0.1, -0.05) is 126 Å². The molecule has 0 radical (unpaired) electrons. The summed E-state index contributed by atoms with van der Waals surface area (Å²) in [6.45, 7) is 9.28. The third-order valence-electron chi connectivity index (χ3n) is 7.62. The molecule has 196 valence electrons. The molecular weight excluding hydrogens is 436 g/mol. The number of hydrogen-bond donors (Lipinski definition) is 0. The Bertz CT molecular complexity index is 958. The van der Waals surface area contributed by atoms with Crippen LogP contribution in [0.1, 0.15) is 120 Å². The highest BCUT2D eigenvalue weighted by atomic mass is 15.2. The monoisotopic (exact) mass is 487 g/mol. The number of benzene rings is 2. The van der Waals surface area contributed by atoms with Gasteiger partial charge in [-0.2, -0.15) is 0 Å². The van der Waals surface area contributed by atoms with E-state index in [0.29, 0.717) is 5.92 Å². The van der Waals surface area contributed by atoms with Crippen LogP contribution in [-0.4, -0.2) is 4.57 Å². The zero-order valence-electron chi connectivity index (χ0n) is 23.4. The van der Waals surface area contributed by atoms with Crippen LogP contribution in [0.4, 0.5) is 0 Å². The summed E-state index contributed by atoms with van der Waals surface area (Å²) in [6, 6.07) is 22.1. The predicted octanol–water partition coefficient (Wildman–Crippen LogP) is 9.04. The molecule has 0 saturated carbocycles. The van der Waals surface area contributed by atoms with Gasteiger partial charge in [0.1, 0.15) is 11.9 Å². The molecule has 0 aliphatic carbocycles. The molecule has 2 heteroatoms. The lowest BCUT2D eigenvalue weighted by Gasteiger charge is -2.12. The molecule has 1 heterocycles. The lowest BCUT2D eigenvalue weighted by atomic mass is 9.96. The molecule has 0 aliphatic rings. The van der Waals surface area contributed by atoms with Crippen LogP contribution in [0.5, 0.6) is 0 Å². The van der Waals surface area contributed by atoms with Gasteiger partial charge in [-0.25, -0.2) is 9.13 Å². The van der Waals surface area contributed by atoms with Crippen LogP contribution in [0.25, 0.3) is 0 Å². The van der Waals surface area contributed by atoms with Gasteiger partial charge in [0.2, 0.25) is 0 Å². The molecule has 0 saturated heterocycles. The van der Waals surface area contributed by atoms with Crippen LogP contribution in [0.2, 0.25) is 0 Å². The van der Waals surface area contributed by atoms with E-state index in [9.17, 15) is 0 Å². The number of unbranched alkanes of at least 4 members (excludes halogenated alkanes) is 9. The van der Waals surface area contributed by atoms with Crippen molar-refractivity contribution in [2.75, 3.05) is 0 Å². The Morgan fingerprint density at radius 2 is 1.28 bits per heavy atom. The van der Waals surface area contributed by atoms with Crippen molar-refractivity contribution >= 4 is 0 Å². The van der Waals surface area contributed by atoms with E-state index in [-0.39, 0.29) is 0 Å². The number of hydrogen-bond acceptors (Lipinski definition) is 0. The molecular formula is C34H51N2+. The normalized spacial score (nSPS) is 12.2. The quantitative estimate of drug-likeness (QED) is 0.125. The smallest absolute Gasteiger partial charge is 0.234 e. The Morgan fingerprint density at radius 3 is 1.94 bits per heavy atom. The minimum absolute atomic E-state index is 0.520. The molecule has 0 aliphatic heterocycles. The number of rotatable bonds is 18. The minimum Gasteiger partial charge on any atom is -0.234 e. The average Bonchev–Trinajstić information content (AvgIpc) is 3.22.